The van der Waals surface area contributed by atoms with Crippen LogP contribution >= 0.6 is 0 Å². The monoisotopic (exact) mass is 235 g/mol. The van der Waals surface area contributed by atoms with Crippen molar-refractivity contribution in [1.82, 2.24) is 9.55 Å². The lowest BCUT2D eigenvalue weighted by atomic mass is 9.99. The van der Waals surface area contributed by atoms with Crippen LogP contribution in [-0.4, -0.2) is 9.55 Å². The molecule has 1 saturated carbocycles. The second-order valence-corrected chi connectivity index (χ2v) is 5.51. The van der Waals surface area contributed by atoms with Crippen LogP contribution in [0.25, 0.3) is 0 Å². The second-order valence-electron chi connectivity index (χ2n) is 5.51. The molecule has 0 radical (unpaired) electrons. The van der Waals surface area contributed by atoms with Crippen LogP contribution in [0.5, 0.6) is 0 Å². The first-order valence-corrected chi connectivity index (χ1v) is 6.97. The highest BCUT2D eigenvalue weighted by Gasteiger charge is 2.31. The lowest BCUT2D eigenvalue weighted by molar-refractivity contribution is 0.623. The van der Waals surface area contributed by atoms with Crippen LogP contribution in [0, 0.1) is 0 Å². The summed E-state index contributed by atoms with van der Waals surface area (Å²) in [6, 6.07) is 0.628. The molecule has 1 fully saturated rings. The van der Waals surface area contributed by atoms with Gasteiger partial charge in [-0.2, -0.15) is 0 Å². The van der Waals surface area contributed by atoms with Crippen molar-refractivity contribution < 1.29 is 0 Å². The molecular formula is C14H25N3. The highest BCUT2D eigenvalue weighted by atomic mass is 15.2. The normalized spacial score (nSPS) is 16.1. The first-order chi connectivity index (χ1) is 8.10. The van der Waals surface area contributed by atoms with Crippen molar-refractivity contribution in [2.75, 3.05) is 5.73 Å². The molecule has 1 aliphatic rings. The van der Waals surface area contributed by atoms with Gasteiger partial charge in [-0.3, -0.25) is 0 Å². The van der Waals surface area contributed by atoms with Gasteiger partial charge in [0, 0.05) is 17.9 Å². The highest BCUT2D eigenvalue weighted by Crippen LogP contribution is 2.42. The second kappa shape index (κ2) is 4.71. The van der Waals surface area contributed by atoms with Crippen molar-refractivity contribution in [1.29, 1.82) is 0 Å². The molecule has 0 amide bonds. The lowest BCUT2D eigenvalue weighted by Gasteiger charge is -2.12. The number of hydrogen-bond acceptors (Lipinski definition) is 2. The van der Waals surface area contributed by atoms with Crippen molar-refractivity contribution in [2.45, 2.75) is 71.3 Å². The zero-order chi connectivity index (χ0) is 12.6. The summed E-state index contributed by atoms with van der Waals surface area (Å²) in [4.78, 5) is 4.85. The molecular weight excluding hydrogens is 210 g/mol. The van der Waals surface area contributed by atoms with Gasteiger partial charge in [-0.05, 0) is 25.7 Å². The van der Waals surface area contributed by atoms with Crippen molar-refractivity contribution in [3.05, 3.63) is 11.5 Å². The number of rotatable bonds is 5. The maximum Gasteiger partial charge on any atom is 0.127 e. The first-order valence-electron chi connectivity index (χ1n) is 6.97. The summed E-state index contributed by atoms with van der Waals surface area (Å²) < 4.78 is 2.30. The van der Waals surface area contributed by atoms with E-state index in [1.54, 1.807) is 0 Å². The third-order valence-corrected chi connectivity index (χ3v) is 3.80. The quantitative estimate of drug-likeness (QED) is 0.843. The summed E-state index contributed by atoms with van der Waals surface area (Å²) >= 11 is 0. The van der Waals surface area contributed by atoms with Gasteiger partial charge < -0.3 is 10.3 Å². The Morgan fingerprint density at radius 3 is 2.29 bits per heavy atom. The Morgan fingerprint density at radius 1 is 1.29 bits per heavy atom. The molecule has 2 N–H and O–H groups in total. The number of hydrogen-bond donors (Lipinski definition) is 1. The van der Waals surface area contributed by atoms with E-state index in [2.05, 4.69) is 32.3 Å². The van der Waals surface area contributed by atoms with Crippen molar-refractivity contribution in [3.63, 3.8) is 0 Å². The molecule has 3 nitrogen and oxygen atoms in total. The molecule has 0 spiro atoms. The highest BCUT2D eigenvalue weighted by molar-refractivity contribution is 5.42. The number of nitrogen functional groups attached to an aromatic ring is 1. The minimum atomic E-state index is 0.459. The summed E-state index contributed by atoms with van der Waals surface area (Å²) in [5.74, 6) is 3.10. The zero-order valence-corrected chi connectivity index (χ0v) is 11.5. The van der Waals surface area contributed by atoms with Crippen LogP contribution in [0.4, 0.5) is 5.82 Å². The van der Waals surface area contributed by atoms with E-state index in [9.17, 15) is 0 Å². The van der Waals surface area contributed by atoms with Crippen molar-refractivity contribution in [3.8, 4) is 0 Å². The fourth-order valence-corrected chi connectivity index (χ4v) is 2.58. The molecule has 0 bridgehead atoms. The molecule has 2 rings (SSSR count). The maximum atomic E-state index is 6.34. The fraction of sp³-hybridized carbons (Fsp3) is 0.786. The number of nitrogens with zero attached hydrogens (tertiary/aromatic N) is 2. The summed E-state index contributed by atoms with van der Waals surface area (Å²) in [5.41, 5.74) is 7.48. The van der Waals surface area contributed by atoms with Gasteiger partial charge in [-0.1, -0.05) is 27.7 Å². The average Bonchev–Trinajstić information content (AvgIpc) is 3.06. The summed E-state index contributed by atoms with van der Waals surface area (Å²) in [6.45, 7) is 8.85. The molecule has 1 aliphatic carbocycles. The van der Waals surface area contributed by atoms with Crippen LogP contribution in [0.3, 0.4) is 0 Å². The van der Waals surface area contributed by atoms with Crippen LogP contribution < -0.4 is 5.73 Å². The molecule has 17 heavy (non-hydrogen) atoms. The van der Waals surface area contributed by atoms with Gasteiger partial charge in [0.15, 0.2) is 0 Å². The van der Waals surface area contributed by atoms with Gasteiger partial charge in [0.2, 0.25) is 0 Å². The van der Waals surface area contributed by atoms with Crippen LogP contribution in [0.2, 0.25) is 0 Å². The van der Waals surface area contributed by atoms with Crippen molar-refractivity contribution >= 4 is 5.82 Å². The van der Waals surface area contributed by atoms with E-state index in [0.717, 1.165) is 24.4 Å². The fourth-order valence-electron chi connectivity index (χ4n) is 2.58. The Morgan fingerprint density at radius 2 is 1.88 bits per heavy atom. The average molecular weight is 235 g/mol. The first kappa shape index (κ1) is 12.5. The molecule has 0 atom stereocenters. The Balaban J connectivity index is 2.43. The van der Waals surface area contributed by atoms with Crippen molar-refractivity contribution in [2.24, 2.45) is 0 Å². The Bertz CT molecular complexity index is 384. The van der Waals surface area contributed by atoms with Gasteiger partial charge in [-0.15, -0.1) is 0 Å². The number of aromatic nitrogens is 2. The predicted octanol–water partition coefficient (Wildman–Crippen LogP) is 3.83. The van der Waals surface area contributed by atoms with E-state index >= 15 is 0 Å². The zero-order valence-electron chi connectivity index (χ0n) is 11.5. The van der Waals surface area contributed by atoms with Crippen LogP contribution in [0.1, 0.15) is 82.8 Å². The molecule has 1 aromatic rings. The van der Waals surface area contributed by atoms with Crippen LogP contribution in [-0.2, 0) is 0 Å². The standard InChI is InChI=1S/C14H25N3/c1-5-10(6-2)12-13(15)17(11-7-8-11)14(16-12)9(3)4/h9-11H,5-8,15H2,1-4H3. The molecule has 1 heterocycles. The molecule has 0 aliphatic heterocycles. The Labute approximate surface area is 104 Å². The SMILES string of the molecule is CCC(CC)c1nc(C(C)C)n(C2CC2)c1N. The topological polar surface area (TPSA) is 43.8 Å². The molecule has 0 unspecified atom stereocenters. The number of anilines is 1. The van der Waals surface area contributed by atoms with Gasteiger partial charge in [0.25, 0.3) is 0 Å². The lowest BCUT2D eigenvalue weighted by Crippen LogP contribution is -2.07. The summed E-state index contributed by atoms with van der Waals surface area (Å²) in [6.07, 6.45) is 4.78. The minimum absolute atomic E-state index is 0.459. The third kappa shape index (κ3) is 2.20. The number of nitrogens with two attached hydrogens (primary N) is 1. The summed E-state index contributed by atoms with van der Waals surface area (Å²) in [7, 11) is 0. The number of imidazole rings is 1. The van der Waals surface area contributed by atoms with Gasteiger partial charge >= 0.3 is 0 Å². The Kier molecular flexibility index (Phi) is 3.45. The predicted molar refractivity (Wildman–Crippen MR) is 72.3 cm³/mol. The van der Waals surface area contributed by atoms with E-state index in [4.69, 9.17) is 10.7 Å². The Hall–Kier alpha value is -0.990. The summed E-state index contributed by atoms with van der Waals surface area (Å²) in [5, 5.41) is 0. The third-order valence-electron chi connectivity index (χ3n) is 3.80. The van der Waals surface area contributed by atoms with Gasteiger partial charge in [-0.25, -0.2) is 4.98 Å². The minimum Gasteiger partial charge on any atom is -0.384 e. The van der Waals surface area contributed by atoms with Gasteiger partial charge in [0.1, 0.15) is 11.6 Å². The van der Waals surface area contributed by atoms with E-state index < -0.39 is 0 Å². The smallest absolute Gasteiger partial charge is 0.127 e. The molecule has 1 aromatic heterocycles. The molecule has 0 aromatic carbocycles. The molecule has 96 valence electrons. The van der Waals surface area contributed by atoms with E-state index in [1.165, 1.54) is 18.7 Å². The van der Waals surface area contributed by atoms with E-state index in [1.807, 2.05) is 0 Å². The molecule has 0 saturated heterocycles. The van der Waals surface area contributed by atoms with Gasteiger partial charge in [0.05, 0.1) is 5.69 Å². The molecule has 3 heteroatoms. The van der Waals surface area contributed by atoms with E-state index in [0.29, 0.717) is 17.9 Å². The maximum absolute atomic E-state index is 6.34. The van der Waals surface area contributed by atoms with E-state index in [-0.39, 0.29) is 0 Å². The largest absolute Gasteiger partial charge is 0.384 e. The van der Waals surface area contributed by atoms with Crippen LogP contribution in [0.15, 0.2) is 0 Å².